The molecule has 0 aliphatic heterocycles. The van der Waals surface area contributed by atoms with Crippen LogP contribution in [-0.4, -0.2) is 20.1 Å². The van der Waals surface area contributed by atoms with Crippen LogP contribution >= 0.6 is 0 Å². The highest BCUT2D eigenvalue weighted by molar-refractivity contribution is 5.46. The molecule has 1 atom stereocenters. The highest BCUT2D eigenvalue weighted by Gasteiger charge is 2.05. The van der Waals surface area contributed by atoms with Crippen LogP contribution in [0.3, 0.4) is 0 Å². The van der Waals surface area contributed by atoms with Gasteiger partial charge in [-0.2, -0.15) is 0 Å². The average Bonchev–Trinajstić information content (AvgIpc) is 2.38. The molecule has 0 radical (unpaired) electrons. The minimum atomic E-state index is 0.709. The predicted molar refractivity (Wildman–Crippen MR) is 85.7 cm³/mol. The van der Waals surface area contributed by atoms with E-state index in [-0.39, 0.29) is 0 Å². The lowest BCUT2D eigenvalue weighted by atomic mass is 10.1. The van der Waals surface area contributed by atoms with Crippen LogP contribution in [0, 0.1) is 11.8 Å². The molecule has 0 saturated carbocycles. The van der Waals surface area contributed by atoms with Gasteiger partial charge in [-0.3, -0.25) is 0 Å². The maximum absolute atomic E-state index is 3.48. The number of anilines is 1. The van der Waals surface area contributed by atoms with Crippen LogP contribution in [-0.2, 0) is 6.54 Å². The molecule has 0 spiro atoms. The molecule has 0 heterocycles. The summed E-state index contributed by atoms with van der Waals surface area (Å²) < 4.78 is 0. The molecule has 0 bridgehead atoms. The first-order chi connectivity index (χ1) is 9.02. The van der Waals surface area contributed by atoms with E-state index < -0.39 is 0 Å². The molecule has 0 aromatic heterocycles. The van der Waals surface area contributed by atoms with Gasteiger partial charge < -0.3 is 10.2 Å². The fourth-order valence-corrected chi connectivity index (χ4v) is 2.08. The first kappa shape index (κ1) is 16.0. The van der Waals surface area contributed by atoms with Crippen molar-refractivity contribution in [1.29, 1.82) is 0 Å². The van der Waals surface area contributed by atoms with E-state index in [1.165, 1.54) is 17.7 Å². The van der Waals surface area contributed by atoms with Crippen LogP contribution in [0.15, 0.2) is 24.3 Å². The Morgan fingerprint density at radius 3 is 2.26 bits per heavy atom. The summed E-state index contributed by atoms with van der Waals surface area (Å²) in [5, 5.41) is 3.48. The van der Waals surface area contributed by atoms with Crippen LogP contribution in [0.1, 0.15) is 39.7 Å². The molecule has 108 valence electrons. The molecule has 1 unspecified atom stereocenters. The Balaban J connectivity index is 2.46. The monoisotopic (exact) mass is 262 g/mol. The summed E-state index contributed by atoms with van der Waals surface area (Å²) in [7, 11) is 2.18. The minimum absolute atomic E-state index is 0.709. The van der Waals surface area contributed by atoms with Gasteiger partial charge in [0, 0.05) is 25.8 Å². The summed E-state index contributed by atoms with van der Waals surface area (Å²) in [4.78, 5) is 2.35. The average molecular weight is 262 g/mol. The molecule has 2 nitrogen and oxygen atoms in total. The third kappa shape index (κ3) is 6.11. The van der Waals surface area contributed by atoms with E-state index in [0.717, 1.165) is 25.6 Å². The third-order valence-corrected chi connectivity index (χ3v) is 3.54. The minimum Gasteiger partial charge on any atom is -0.374 e. The van der Waals surface area contributed by atoms with Gasteiger partial charge in [-0.25, -0.2) is 0 Å². The Bertz CT molecular complexity index is 343. The van der Waals surface area contributed by atoms with E-state index in [4.69, 9.17) is 0 Å². The van der Waals surface area contributed by atoms with Crippen molar-refractivity contribution in [2.45, 2.75) is 40.7 Å². The number of rotatable bonds is 8. The summed E-state index contributed by atoms with van der Waals surface area (Å²) in [6.45, 7) is 12.2. The highest BCUT2D eigenvalue weighted by Crippen LogP contribution is 2.16. The lowest BCUT2D eigenvalue weighted by molar-refractivity contribution is 0.552. The maximum atomic E-state index is 3.48. The van der Waals surface area contributed by atoms with Crippen LogP contribution in [0.25, 0.3) is 0 Å². The topological polar surface area (TPSA) is 15.3 Å². The van der Waals surface area contributed by atoms with Crippen LogP contribution in [0.5, 0.6) is 0 Å². The Kier molecular flexibility index (Phi) is 6.93. The molecule has 0 aliphatic carbocycles. The van der Waals surface area contributed by atoms with Gasteiger partial charge in [0.25, 0.3) is 0 Å². The van der Waals surface area contributed by atoms with Crippen LogP contribution in [0.2, 0.25) is 0 Å². The Hall–Kier alpha value is -1.02. The van der Waals surface area contributed by atoms with Crippen molar-refractivity contribution in [2.24, 2.45) is 11.8 Å². The van der Waals surface area contributed by atoms with Crippen molar-refractivity contribution in [2.75, 3.05) is 25.0 Å². The van der Waals surface area contributed by atoms with Crippen molar-refractivity contribution in [3.63, 3.8) is 0 Å². The lowest BCUT2D eigenvalue weighted by Crippen LogP contribution is -2.23. The van der Waals surface area contributed by atoms with Gasteiger partial charge in [0.15, 0.2) is 0 Å². The number of nitrogens with zero attached hydrogens (tertiary/aromatic N) is 1. The first-order valence-electron chi connectivity index (χ1n) is 7.53. The van der Waals surface area contributed by atoms with Crippen molar-refractivity contribution in [1.82, 2.24) is 5.32 Å². The molecule has 1 N–H and O–H groups in total. The van der Waals surface area contributed by atoms with Crippen molar-refractivity contribution in [3.8, 4) is 0 Å². The third-order valence-electron chi connectivity index (χ3n) is 3.54. The van der Waals surface area contributed by atoms with Crippen LogP contribution in [0.4, 0.5) is 5.69 Å². The molecule has 1 aromatic carbocycles. The SMILES string of the molecule is CCC(C)CN(C)c1ccc(CNCC(C)C)cc1. The predicted octanol–water partition coefficient (Wildman–Crippen LogP) is 3.91. The molecule has 19 heavy (non-hydrogen) atoms. The van der Waals surface area contributed by atoms with Crippen molar-refractivity contribution >= 4 is 5.69 Å². The zero-order chi connectivity index (χ0) is 14.3. The first-order valence-corrected chi connectivity index (χ1v) is 7.53. The molecule has 0 saturated heterocycles. The molecule has 0 aliphatic rings. The van der Waals surface area contributed by atoms with E-state index in [2.05, 4.69) is 69.2 Å². The Labute approximate surface area is 119 Å². The number of benzene rings is 1. The lowest BCUT2D eigenvalue weighted by Gasteiger charge is -2.23. The fraction of sp³-hybridized carbons (Fsp3) is 0.647. The number of hydrogen-bond donors (Lipinski definition) is 1. The second-order valence-electron chi connectivity index (χ2n) is 6.09. The fourth-order valence-electron chi connectivity index (χ4n) is 2.08. The quantitative estimate of drug-likeness (QED) is 0.764. The van der Waals surface area contributed by atoms with Gasteiger partial charge in [-0.1, -0.05) is 46.2 Å². The zero-order valence-corrected chi connectivity index (χ0v) is 13.2. The standard InChI is InChI=1S/C17H30N2/c1-6-15(4)13-19(5)17-9-7-16(8-10-17)12-18-11-14(2)3/h7-10,14-15,18H,6,11-13H2,1-5H3. The van der Waals surface area contributed by atoms with Gasteiger partial charge >= 0.3 is 0 Å². The normalized spacial score (nSPS) is 12.7. The van der Waals surface area contributed by atoms with Gasteiger partial charge in [0.05, 0.1) is 0 Å². The van der Waals surface area contributed by atoms with E-state index in [1.807, 2.05) is 0 Å². The summed E-state index contributed by atoms with van der Waals surface area (Å²) in [6, 6.07) is 8.93. The number of nitrogens with one attached hydrogen (secondary N) is 1. The van der Waals surface area contributed by atoms with Gasteiger partial charge in [0.1, 0.15) is 0 Å². The van der Waals surface area contributed by atoms with Crippen molar-refractivity contribution < 1.29 is 0 Å². The second-order valence-corrected chi connectivity index (χ2v) is 6.09. The summed E-state index contributed by atoms with van der Waals surface area (Å²) in [5.74, 6) is 1.46. The molecule has 1 rings (SSSR count). The van der Waals surface area contributed by atoms with Gasteiger partial charge in [0.2, 0.25) is 0 Å². The Morgan fingerprint density at radius 1 is 1.11 bits per heavy atom. The van der Waals surface area contributed by atoms with E-state index in [0.29, 0.717) is 5.92 Å². The van der Waals surface area contributed by atoms with Crippen LogP contribution < -0.4 is 10.2 Å². The molecule has 0 fully saturated rings. The smallest absolute Gasteiger partial charge is 0.0363 e. The van der Waals surface area contributed by atoms with E-state index >= 15 is 0 Å². The molecule has 1 aromatic rings. The zero-order valence-electron chi connectivity index (χ0n) is 13.2. The van der Waals surface area contributed by atoms with E-state index in [9.17, 15) is 0 Å². The summed E-state index contributed by atoms with van der Waals surface area (Å²) in [6.07, 6.45) is 1.24. The maximum Gasteiger partial charge on any atom is 0.0363 e. The van der Waals surface area contributed by atoms with Crippen molar-refractivity contribution in [3.05, 3.63) is 29.8 Å². The largest absolute Gasteiger partial charge is 0.374 e. The Morgan fingerprint density at radius 2 is 1.74 bits per heavy atom. The highest BCUT2D eigenvalue weighted by atomic mass is 15.1. The molecular formula is C17H30N2. The molecular weight excluding hydrogens is 232 g/mol. The summed E-state index contributed by atoms with van der Waals surface area (Å²) in [5.41, 5.74) is 2.68. The van der Waals surface area contributed by atoms with Gasteiger partial charge in [-0.15, -0.1) is 0 Å². The molecule has 0 amide bonds. The van der Waals surface area contributed by atoms with E-state index in [1.54, 1.807) is 0 Å². The summed E-state index contributed by atoms with van der Waals surface area (Å²) >= 11 is 0. The number of hydrogen-bond acceptors (Lipinski definition) is 2. The van der Waals surface area contributed by atoms with Gasteiger partial charge in [-0.05, 0) is 36.1 Å². The second kappa shape index (κ2) is 8.21. The molecule has 2 heteroatoms.